The summed E-state index contributed by atoms with van der Waals surface area (Å²) in [6, 6.07) is 1.95. The lowest BCUT2D eigenvalue weighted by Gasteiger charge is -2.13. The van der Waals surface area contributed by atoms with Crippen LogP contribution >= 0.6 is 38.9 Å². The zero-order chi connectivity index (χ0) is 9.97. The number of hydrogen-bond acceptors (Lipinski definition) is 2. The lowest BCUT2D eigenvalue weighted by atomic mass is 10.1. The maximum atomic E-state index is 6.06. The minimum Gasteiger partial charge on any atom is -0.378 e. The van der Waals surface area contributed by atoms with Crippen molar-refractivity contribution in [3.8, 4) is 0 Å². The largest absolute Gasteiger partial charge is 0.378 e. The van der Waals surface area contributed by atoms with Crippen LogP contribution in [0.3, 0.4) is 0 Å². The molecule has 0 amide bonds. The minimum absolute atomic E-state index is 0.345. The standard InChI is InChI=1S/C10H12BrClOS/c11-8(6-7-2-1-4-13-7)10-9(12)3-5-14-10/h3,5,7-8H,1-2,4,6H2. The third-order valence-corrected chi connectivity index (χ3v) is 5.03. The molecular formula is C10H12BrClOS. The fourth-order valence-corrected chi connectivity index (χ4v) is 3.99. The SMILES string of the molecule is Clc1ccsc1C(Br)CC1CCCO1. The molecule has 0 spiro atoms. The van der Waals surface area contributed by atoms with Crippen LogP contribution in [0, 0.1) is 0 Å². The van der Waals surface area contributed by atoms with E-state index in [0.717, 1.165) is 18.1 Å². The zero-order valence-corrected chi connectivity index (χ0v) is 10.9. The Labute approximate surface area is 102 Å². The van der Waals surface area contributed by atoms with Gasteiger partial charge in [0.15, 0.2) is 0 Å². The number of thiophene rings is 1. The molecule has 1 nitrogen and oxygen atoms in total. The van der Waals surface area contributed by atoms with Gasteiger partial charge in [0.1, 0.15) is 0 Å². The average molecular weight is 296 g/mol. The molecule has 0 saturated carbocycles. The topological polar surface area (TPSA) is 9.23 Å². The summed E-state index contributed by atoms with van der Waals surface area (Å²) in [7, 11) is 0. The highest BCUT2D eigenvalue weighted by atomic mass is 79.9. The van der Waals surface area contributed by atoms with E-state index in [1.54, 1.807) is 11.3 Å². The van der Waals surface area contributed by atoms with Crippen LogP contribution in [0.5, 0.6) is 0 Å². The molecule has 78 valence electrons. The number of rotatable bonds is 3. The van der Waals surface area contributed by atoms with Crippen LogP contribution in [0.25, 0.3) is 0 Å². The number of hydrogen-bond donors (Lipinski definition) is 0. The molecule has 14 heavy (non-hydrogen) atoms. The molecule has 0 radical (unpaired) electrons. The lowest BCUT2D eigenvalue weighted by molar-refractivity contribution is 0.104. The first-order valence-electron chi connectivity index (χ1n) is 4.76. The third-order valence-electron chi connectivity index (χ3n) is 2.42. The van der Waals surface area contributed by atoms with E-state index in [0.29, 0.717) is 10.9 Å². The molecule has 1 saturated heterocycles. The van der Waals surface area contributed by atoms with Crippen molar-refractivity contribution in [1.82, 2.24) is 0 Å². The predicted octanol–water partition coefficient (Wildman–Crippen LogP) is 4.41. The first-order chi connectivity index (χ1) is 6.77. The van der Waals surface area contributed by atoms with Crippen molar-refractivity contribution < 1.29 is 4.74 Å². The first-order valence-corrected chi connectivity index (χ1v) is 6.93. The van der Waals surface area contributed by atoms with E-state index in [9.17, 15) is 0 Å². The van der Waals surface area contributed by atoms with E-state index in [2.05, 4.69) is 15.9 Å². The van der Waals surface area contributed by atoms with Gasteiger partial charge in [-0.2, -0.15) is 0 Å². The van der Waals surface area contributed by atoms with Crippen LogP contribution in [-0.2, 0) is 4.74 Å². The summed E-state index contributed by atoms with van der Waals surface area (Å²) in [6.45, 7) is 0.919. The van der Waals surface area contributed by atoms with Crippen LogP contribution in [0.15, 0.2) is 11.4 Å². The summed E-state index contributed by atoms with van der Waals surface area (Å²) >= 11 is 11.4. The summed E-state index contributed by atoms with van der Waals surface area (Å²) in [4.78, 5) is 1.57. The highest BCUT2D eigenvalue weighted by Crippen LogP contribution is 2.38. The van der Waals surface area contributed by atoms with Crippen molar-refractivity contribution >= 4 is 38.9 Å². The minimum atomic E-state index is 0.345. The van der Waals surface area contributed by atoms with E-state index >= 15 is 0 Å². The predicted molar refractivity (Wildman–Crippen MR) is 64.6 cm³/mol. The van der Waals surface area contributed by atoms with Crippen molar-refractivity contribution in [3.63, 3.8) is 0 Å². The van der Waals surface area contributed by atoms with Crippen LogP contribution in [-0.4, -0.2) is 12.7 Å². The second-order valence-electron chi connectivity index (χ2n) is 3.47. The van der Waals surface area contributed by atoms with Gasteiger partial charge < -0.3 is 4.74 Å². The van der Waals surface area contributed by atoms with Crippen molar-refractivity contribution in [3.05, 3.63) is 21.3 Å². The maximum absolute atomic E-state index is 6.06. The molecule has 1 aromatic rings. The molecule has 1 aromatic heterocycles. The second kappa shape index (κ2) is 4.97. The first kappa shape index (κ1) is 10.9. The molecule has 1 aliphatic rings. The summed E-state index contributed by atoms with van der Waals surface area (Å²) in [5, 5.41) is 2.90. The molecule has 0 N–H and O–H groups in total. The number of alkyl halides is 1. The van der Waals surface area contributed by atoms with Crippen molar-refractivity contribution in [2.75, 3.05) is 6.61 Å². The van der Waals surface area contributed by atoms with Crippen molar-refractivity contribution in [1.29, 1.82) is 0 Å². The number of halogens is 2. The van der Waals surface area contributed by atoms with E-state index in [1.807, 2.05) is 11.4 Å². The van der Waals surface area contributed by atoms with Crippen LogP contribution in [0.2, 0.25) is 5.02 Å². The number of ether oxygens (including phenoxy) is 1. The molecular weight excluding hydrogens is 284 g/mol. The molecule has 4 heteroatoms. The Morgan fingerprint density at radius 1 is 1.71 bits per heavy atom. The van der Waals surface area contributed by atoms with Gasteiger partial charge in [-0.25, -0.2) is 0 Å². The Hall–Kier alpha value is 0.430. The van der Waals surface area contributed by atoms with E-state index in [-0.39, 0.29) is 0 Å². The van der Waals surface area contributed by atoms with Crippen molar-refractivity contribution in [2.45, 2.75) is 30.2 Å². The average Bonchev–Trinajstić information content (AvgIpc) is 2.75. The fraction of sp³-hybridized carbons (Fsp3) is 0.600. The summed E-state index contributed by atoms with van der Waals surface area (Å²) in [6.07, 6.45) is 3.82. The van der Waals surface area contributed by atoms with Crippen LogP contribution < -0.4 is 0 Å². The Kier molecular flexibility index (Phi) is 3.88. The summed E-state index contributed by atoms with van der Waals surface area (Å²) in [5.41, 5.74) is 0. The van der Waals surface area contributed by atoms with Crippen molar-refractivity contribution in [2.24, 2.45) is 0 Å². The second-order valence-corrected chi connectivity index (χ2v) is 5.93. The van der Waals surface area contributed by atoms with E-state index in [4.69, 9.17) is 16.3 Å². The third kappa shape index (κ3) is 2.51. The molecule has 2 unspecified atom stereocenters. The Bertz CT molecular complexity index is 296. The normalized spacial score (nSPS) is 24.0. The molecule has 2 atom stereocenters. The molecule has 2 heterocycles. The monoisotopic (exact) mass is 294 g/mol. The zero-order valence-electron chi connectivity index (χ0n) is 7.71. The maximum Gasteiger partial charge on any atom is 0.0590 e. The van der Waals surface area contributed by atoms with Gasteiger partial charge in [-0.3, -0.25) is 0 Å². The molecule has 1 fully saturated rings. The molecule has 0 bridgehead atoms. The smallest absolute Gasteiger partial charge is 0.0590 e. The molecule has 1 aliphatic heterocycles. The van der Waals surface area contributed by atoms with Gasteiger partial charge in [0.25, 0.3) is 0 Å². The summed E-state index contributed by atoms with van der Waals surface area (Å²) < 4.78 is 5.59. The van der Waals surface area contributed by atoms with Gasteiger partial charge in [0.05, 0.1) is 16.0 Å². The summed E-state index contributed by atoms with van der Waals surface area (Å²) in [5.74, 6) is 0. The molecule has 2 rings (SSSR count). The van der Waals surface area contributed by atoms with E-state index < -0.39 is 0 Å². The van der Waals surface area contributed by atoms with E-state index in [1.165, 1.54) is 17.7 Å². The quantitative estimate of drug-likeness (QED) is 0.751. The highest BCUT2D eigenvalue weighted by Gasteiger charge is 2.22. The Morgan fingerprint density at radius 2 is 2.57 bits per heavy atom. The van der Waals surface area contributed by atoms with Crippen LogP contribution in [0.1, 0.15) is 29.0 Å². The lowest BCUT2D eigenvalue weighted by Crippen LogP contribution is -2.07. The Morgan fingerprint density at radius 3 is 3.14 bits per heavy atom. The fourth-order valence-electron chi connectivity index (χ4n) is 1.70. The van der Waals surface area contributed by atoms with Gasteiger partial charge in [0, 0.05) is 11.5 Å². The van der Waals surface area contributed by atoms with Gasteiger partial charge >= 0.3 is 0 Å². The van der Waals surface area contributed by atoms with Gasteiger partial charge in [-0.15, -0.1) is 11.3 Å². The van der Waals surface area contributed by atoms with Crippen LogP contribution in [0.4, 0.5) is 0 Å². The van der Waals surface area contributed by atoms with Gasteiger partial charge in [-0.05, 0) is 30.7 Å². The highest BCUT2D eigenvalue weighted by molar-refractivity contribution is 9.09. The Balaban J connectivity index is 1.95. The molecule has 0 aromatic carbocycles. The molecule has 0 aliphatic carbocycles. The van der Waals surface area contributed by atoms with Gasteiger partial charge in [0.2, 0.25) is 0 Å². The van der Waals surface area contributed by atoms with Gasteiger partial charge in [-0.1, -0.05) is 27.5 Å².